The lowest BCUT2D eigenvalue weighted by Gasteiger charge is -2.22. The predicted octanol–water partition coefficient (Wildman–Crippen LogP) is 4.65. The molecular weight excluding hydrogens is 340 g/mol. The Bertz CT molecular complexity index is 635. The van der Waals surface area contributed by atoms with Crippen LogP contribution in [-0.2, 0) is 22.4 Å². The Hall–Kier alpha value is -1.92. The molecule has 0 aliphatic rings. The molecule has 0 N–H and O–H groups in total. The fourth-order valence-corrected chi connectivity index (χ4v) is 4.20. The summed E-state index contributed by atoms with van der Waals surface area (Å²) in [6, 6.07) is 15.5. The molecule has 0 aliphatic heterocycles. The SMILES string of the molecule is CCc1ccccc1N(C=O)SSN(C=O)c1ccccc1CC. The Morgan fingerprint density at radius 1 is 0.750 bits per heavy atom. The van der Waals surface area contributed by atoms with Crippen LogP contribution in [0.4, 0.5) is 11.4 Å². The molecule has 4 nitrogen and oxygen atoms in total. The largest absolute Gasteiger partial charge is 0.277 e. The lowest BCUT2D eigenvalue weighted by molar-refractivity contribution is -0.107. The molecule has 0 unspecified atom stereocenters. The van der Waals surface area contributed by atoms with E-state index in [-0.39, 0.29) is 0 Å². The van der Waals surface area contributed by atoms with Gasteiger partial charge in [0.25, 0.3) is 0 Å². The van der Waals surface area contributed by atoms with Crippen molar-refractivity contribution in [2.75, 3.05) is 8.61 Å². The van der Waals surface area contributed by atoms with Gasteiger partial charge in [0.15, 0.2) is 0 Å². The van der Waals surface area contributed by atoms with E-state index in [1.54, 1.807) is 8.61 Å². The van der Waals surface area contributed by atoms with Crippen LogP contribution in [0.1, 0.15) is 25.0 Å². The van der Waals surface area contributed by atoms with Gasteiger partial charge in [-0.3, -0.25) is 9.59 Å². The van der Waals surface area contributed by atoms with E-state index in [0.29, 0.717) is 0 Å². The van der Waals surface area contributed by atoms with Crippen molar-refractivity contribution in [2.24, 2.45) is 0 Å². The van der Waals surface area contributed by atoms with E-state index in [1.165, 1.54) is 22.0 Å². The zero-order valence-electron chi connectivity index (χ0n) is 13.7. The molecule has 0 spiro atoms. The minimum absolute atomic E-state index is 0.779. The molecule has 0 saturated heterocycles. The van der Waals surface area contributed by atoms with E-state index < -0.39 is 0 Å². The van der Waals surface area contributed by atoms with Crippen molar-refractivity contribution < 1.29 is 9.59 Å². The standard InChI is InChI=1S/C18H20N2O2S2/c1-3-15-9-5-7-11-17(15)19(13-21)23-24-20(14-22)18-12-8-6-10-16(18)4-2/h5-14H,3-4H2,1-2H3. The lowest BCUT2D eigenvalue weighted by Crippen LogP contribution is -2.17. The average Bonchev–Trinajstić information content (AvgIpc) is 2.65. The Kier molecular flexibility index (Phi) is 7.21. The quantitative estimate of drug-likeness (QED) is 0.371. The highest BCUT2D eigenvalue weighted by Gasteiger charge is 2.16. The Balaban J connectivity index is 2.16. The molecule has 2 rings (SSSR count). The van der Waals surface area contributed by atoms with Crippen LogP contribution in [0.15, 0.2) is 48.5 Å². The highest BCUT2D eigenvalue weighted by atomic mass is 33.1. The van der Waals surface area contributed by atoms with Crippen LogP contribution in [0.5, 0.6) is 0 Å². The zero-order valence-corrected chi connectivity index (χ0v) is 15.3. The predicted molar refractivity (Wildman–Crippen MR) is 104 cm³/mol. The third kappa shape index (κ3) is 4.33. The van der Waals surface area contributed by atoms with Gasteiger partial charge in [0.2, 0.25) is 12.8 Å². The third-order valence-electron chi connectivity index (χ3n) is 3.61. The maximum atomic E-state index is 11.5. The Morgan fingerprint density at radius 3 is 1.46 bits per heavy atom. The summed E-state index contributed by atoms with van der Waals surface area (Å²) in [6.07, 6.45) is 3.23. The molecule has 0 saturated carbocycles. The molecule has 2 amide bonds. The molecule has 0 aromatic heterocycles. The van der Waals surface area contributed by atoms with Gasteiger partial charge in [0.05, 0.1) is 33.3 Å². The number of carbonyl (C=O) groups is 2. The summed E-state index contributed by atoms with van der Waals surface area (Å²) in [5, 5.41) is 0. The molecule has 2 aromatic rings. The van der Waals surface area contributed by atoms with E-state index in [0.717, 1.165) is 48.2 Å². The van der Waals surface area contributed by atoms with Crippen LogP contribution in [0.3, 0.4) is 0 Å². The van der Waals surface area contributed by atoms with Crippen LogP contribution >= 0.6 is 22.0 Å². The van der Waals surface area contributed by atoms with Gasteiger partial charge in [-0.1, -0.05) is 50.2 Å². The number of hydrogen-bond acceptors (Lipinski definition) is 4. The van der Waals surface area contributed by atoms with Crippen molar-refractivity contribution in [2.45, 2.75) is 26.7 Å². The zero-order chi connectivity index (χ0) is 17.4. The smallest absolute Gasteiger partial charge is 0.224 e. The van der Waals surface area contributed by atoms with Crippen LogP contribution in [0, 0.1) is 0 Å². The summed E-state index contributed by atoms with van der Waals surface area (Å²) >= 11 is 0. The van der Waals surface area contributed by atoms with E-state index in [4.69, 9.17) is 0 Å². The van der Waals surface area contributed by atoms with Crippen molar-refractivity contribution in [3.05, 3.63) is 59.7 Å². The highest BCUT2D eigenvalue weighted by molar-refractivity contribution is 8.78. The number of rotatable bonds is 9. The summed E-state index contributed by atoms with van der Waals surface area (Å²) in [5.41, 5.74) is 3.87. The first-order valence-corrected chi connectivity index (χ1v) is 9.81. The topological polar surface area (TPSA) is 40.6 Å². The maximum Gasteiger partial charge on any atom is 0.224 e. The van der Waals surface area contributed by atoms with Gasteiger partial charge in [-0.25, -0.2) is 8.61 Å². The van der Waals surface area contributed by atoms with Crippen molar-refractivity contribution in [3.63, 3.8) is 0 Å². The molecule has 126 valence electrons. The van der Waals surface area contributed by atoms with Crippen LogP contribution in [0.25, 0.3) is 0 Å². The number of aryl methyl sites for hydroxylation is 2. The fourth-order valence-electron chi connectivity index (χ4n) is 2.35. The minimum atomic E-state index is 0.779. The first kappa shape index (κ1) is 18.4. The third-order valence-corrected chi connectivity index (χ3v) is 5.72. The summed E-state index contributed by atoms with van der Waals surface area (Å²) in [5.74, 6) is 0. The molecule has 0 radical (unpaired) electrons. The molecule has 0 fully saturated rings. The Labute approximate surface area is 150 Å². The lowest BCUT2D eigenvalue weighted by atomic mass is 10.1. The van der Waals surface area contributed by atoms with Gasteiger partial charge in [-0.15, -0.1) is 0 Å². The van der Waals surface area contributed by atoms with Crippen molar-refractivity contribution in [1.82, 2.24) is 0 Å². The Morgan fingerprint density at radius 2 is 1.12 bits per heavy atom. The molecular formula is C18H20N2O2S2. The number of nitrogens with zero attached hydrogens (tertiary/aromatic N) is 2. The van der Waals surface area contributed by atoms with E-state index in [1.807, 2.05) is 48.5 Å². The van der Waals surface area contributed by atoms with Crippen LogP contribution in [-0.4, -0.2) is 12.8 Å². The van der Waals surface area contributed by atoms with Crippen molar-refractivity contribution in [1.29, 1.82) is 0 Å². The molecule has 0 heterocycles. The second-order valence-corrected chi connectivity index (χ2v) is 6.96. The van der Waals surface area contributed by atoms with Crippen LogP contribution < -0.4 is 8.61 Å². The summed E-state index contributed by atoms with van der Waals surface area (Å²) in [6.45, 7) is 4.10. The summed E-state index contributed by atoms with van der Waals surface area (Å²) < 4.78 is 3.10. The highest BCUT2D eigenvalue weighted by Crippen LogP contribution is 2.37. The first-order chi connectivity index (χ1) is 11.7. The monoisotopic (exact) mass is 360 g/mol. The number of anilines is 2. The van der Waals surface area contributed by atoms with Gasteiger partial charge >= 0.3 is 0 Å². The summed E-state index contributed by atoms with van der Waals surface area (Å²) in [4.78, 5) is 23.0. The molecule has 24 heavy (non-hydrogen) atoms. The van der Waals surface area contributed by atoms with Gasteiger partial charge in [-0.2, -0.15) is 0 Å². The molecule has 0 aliphatic carbocycles. The van der Waals surface area contributed by atoms with E-state index in [9.17, 15) is 9.59 Å². The normalized spacial score (nSPS) is 10.2. The number of hydrogen-bond donors (Lipinski definition) is 0. The molecule has 2 aromatic carbocycles. The minimum Gasteiger partial charge on any atom is -0.277 e. The number of amides is 2. The summed E-state index contributed by atoms with van der Waals surface area (Å²) in [7, 11) is 2.46. The second-order valence-electron chi connectivity index (χ2n) is 4.98. The number of benzene rings is 2. The van der Waals surface area contributed by atoms with Crippen LogP contribution in [0.2, 0.25) is 0 Å². The number of carbonyl (C=O) groups excluding carboxylic acids is 2. The second kappa shape index (κ2) is 9.39. The maximum absolute atomic E-state index is 11.5. The van der Waals surface area contributed by atoms with E-state index >= 15 is 0 Å². The molecule has 0 bridgehead atoms. The van der Waals surface area contributed by atoms with Gasteiger partial charge in [0, 0.05) is 0 Å². The van der Waals surface area contributed by atoms with Gasteiger partial charge < -0.3 is 0 Å². The average molecular weight is 361 g/mol. The van der Waals surface area contributed by atoms with Crippen molar-refractivity contribution in [3.8, 4) is 0 Å². The molecule has 0 atom stereocenters. The number of para-hydroxylation sites is 2. The fraction of sp³-hybridized carbons (Fsp3) is 0.222. The van der Waals surface area contributed by atoms with Gasteiger partial charge in [-0.05, 0) is 36.1 Å². The van der Waals surface area contributed by atoms with Crippen molar-refractivity contribution >= 4 is 46.2 Å². The van der Waals surface area contributed by atoms with Gasteiger partial charge in [0.1, 0.15) is 0 Å². The van der Waals surface area contributed by atoms with E-state index in [2.05, 4.69) is 13.8 Å². The molecule has 6 heteroatoms. The first-order valence-electron chi connectivity index (χ1n) is 7.74.